The molecule has 0 aromatic heterocycles. The van der Waals surface area contributed by atoms with E-state index in [9.17, 15) is 4.39 Å². The number of ether oxygens (including phenoxy) is 1. The van der Waals surface area contributed by atoms with Crippen LogP contribution in [0.25, 0.3) is 0 Å². The second-order valence-electron chi connectivity index (χ2n) is 5.90. The topological polar surface area (TPSA) is 52.5 Å². The van der Waals surface area contributed by atoms with Gasteiger partial charge in [0, 0.05) is 32.6 Å². The van der Waals surface area contributed by atoms with Crippen molar-refractivity contribution < 1.29 is 9.13 Å². The highest BCUT2D eigenvalue weighted by Gasteiger charge is 2.19. The molecule has 0 aromatic carbocycles. The van der Waals surface area contributed by atoms with Gasteiger partial charge in [0.15, 0.2) is 5.11 Å². The number of allylic oxidation sites excluding steroid dienone is 1. The van der Waals surface area contributed by atoms with Gasteiger partial charge in [0.05, 0.1) is 30.8 Å². The summed E-state index contributed by atoms with van der Waals surface area (Å²) in [5, 5.41) is 5.01. The Balaban J connectivity index is 1.90. The zero-order valence-electron chi connectivity index (χ0n) is 14.4. The van der Waals surface area contributed by atoms with E-state index in [-0.39, 0.29) is 5.83 Å². The molecule has 0 saturated carbocycles. The molecule has 6 nitrogen and oxygen atoms in total. The Kier molecular flexibility index (Phi) is 7.74. The lowest BCUT2D eigenvalue weighted by atomic mass is 10.1. The van der Waals surface area contributed by atoms with E-state index in [1.54, 1.807) is 0 Å². The molecule has 2 aliphatic heterocycles. The number of thiocarbonyl (C=S) groups is 1. The second-order valence-corrected chi connectivity index (χ2v) is 6.29. The molecule has 0 bridgehead atoms. The van der Waals surface area contributed by atoms with E-state index in [1.807, 2.05) is 0 Å². The predicted octanol–water partition coefficient (Wildman–Crippen LogP) is 1.94. The van der Waals surface area contributed by atoms with Crippen molar-refractivity contribution in [3.8, 4) is 0 Å². The van der Waals surface area contributed by atoms with E-state index in [1.165, 1.54) is 19.5 Å². The van der Waals surface area contributed by atoms with Gasteiger partial charge in [-0.2, -0.15) is 5.10 Å². The second kappa shape index (κ2) is 9.80. The molecule has 2 fully saturated rings. The van der Waals surface area contributed by atoms with Crippen LogP contribution in [0.1, 0.15) is 26.7 Å². The molecule has 2 aliphatic rings. The van der Waals surface area contributed by atoms with Crippen molar-refractivity contribution in [2.45, 2.75) is 26.7 Å². The Morgan fingerprint density at radius 2 is 2.08 bits per heavy atom. The molecule has 0 aliphatic carbocycles. The van der Waals surface area contributed by atoms with Gasteiger partial charge in [-0.1, -0.05) is 6.92 Å². The van der Waals surface area contributed by atoms with Crippen LogP contribution in [0, 0.1) is 0 Å². The maximum Gasteiger partial charge on any atom is 0.189 e. The van der Waals surface area contributed by atoms with Crippen molar-refractivity contribution in [1.82, 2.24) is 15.2 Å². The van der Waals surface area contributed by atoms with Crippen molar-refractivity contribution in [2.24, 2.45) is 10.1 Å². The fourth-order valence-corrected chi connectivity index (χ4v) is 2.87. The number of nitrogens with zero attached hydrogens (tertiary/aromatic N) is 4. The van der Waals surface area contributed by atoms with Gasteiger partial charge in [-0.25, -0.2) is 4.39 Å². The Labute approximate surface area is 148 Å². The first-order valence-corrected chi connectivity index (χ1v) is 8.82. The normalized spacial score (nSPS) is 23.8. The van der Waals surface area contributed by atoms with Gasteiger partial charge >= 0.3 is 0 Å². The standard InChI is InChI=1S/C16H26FN5OS/c1-3-5-21-6-8-22(9-7-21)16(24)20-19-14-4-10-23-12-15(14)18-11-13(2)17/h11H,3-10,12H2,1-2H3,(H,20,24)/b13-11+,18-15+,19-14-. The van der Waals surface area contributed by atoms with Crippen LogP contribution in [0.5, 0.6) is 0 Å². The van der Waals surface area contributed by atoms with Gasteiger partial charge in [-0.05, 0) is 32.1 Å². The number of piperazine rings is 1. The van der Waals surface area contributed by atoms with E-state index in [4.69, 9.17) is 17.0 Å². The van der Waals surface area contributed by atoms with Crippen molar-refractivity contribution >= 4 is 28.8 Å². The highest BCUT2D eigenvalue weighted by atomic mass is 32.1. The zero-order valence-corrected chi connectivity index (χ0v) is 15.2. The molecule has 0 amide bonds. The number of rotatable bonds is 4. The summed E-state index contributed by atoms with van der Waals surface area (Å²) in [6, 6.07) is 0. The van der Waals surface area contributed by atoms with Gasteiger partial charge in [0.2, 0.25) is 0 Å². The minimum Gasteiger partial charge on any atom is -0.375 e. The first kappa shape index (κ1) is 19.0. The maximum atomic E-state index is 12.9. The summed E-state index contributed by atoms with van der Waals surface area (Å²) in [5.74, 6) is -0.346. The average molecular weight is 355 g/mol. The molecule has 2 saturated heterocycles. The van der Waals surface area contributed by atoms with Gasteiger partial charge in [-0.3, -0.25) is 15.3 Å². The summed E-state index contributed by atoms with van der Waals surface area (Å²) in [4.78, 5) is 8.68. The van der Waals surface area contributed by atoms with Crippen LogP contribution in [0.3, 0.4) is 0 Å². The van der Waals surface area contributed by atoms with Crippen LogP contribution in [-0.2, 0) is 4.74 Å². The summed E-state index contributed by atoms with van der Waals surface area (Å²) in [5.41, 5.74) is 4.37. The van der Waals surface area contributed by atoms with Gasteiger partial charge < -0.3 is 9.64 Å². The lowest BCUT2D eigenvalue weighted by Crippen LogP contribution is -2.51. The molecule has 0 unspecified atom stereocenters. The molecule has 8 heteroatoms. The Hall–Kier alpha value is -1.38. The SMILES string of the molecule is CCCN1CCN(C(=S)N/N=C2/CCOC/C2=N\C=C(/C)F)CC1. The number of hydrogen-bond acceptors (Lipinski definition) is 5. The number of aliphatic imine (C=N–C) groups is 1. The number of halogens is 1. The number of hydrogen-bond donors (Lipinski definition) is 1. The first-order valence-electron chi connectivity index (χ1n) is 8.41. The van der Waals surface area contributed by atoms with Gasteiger partial charge in [0.1, 0.15) is 5.83 Å². The fourth-order valence-electron chi connectivity index (χ4n) is 2.64. The Bertz CT molecular complexity index is 523. The van der Waals surface area contributed by atoms with E-state index < -0.39 is 0 Å². The largest absolute Gasteiger partial charge is 0.375 e. The van der Waals surface area contributed by atoms with Crippen molar-refractivity contribution in [3.05, 3.63) is 12.0 Å². The smallest absolute Gasteiger partial charge is 0.189 e. The third-order valence-corrected chi connectivity index (χ3v) is 4.29. The minimum absolute atomic E-state index is 0.340. The molecule has 2 rings (SSSR count). The minimum atomic E-state index is -0.346. The molecule has 134 valence electrons. The molecular weight excluding hydrogens is 329 g/mol. The van der Waals surface area contributed by atoms with E-state index in [0.717, 1.165) is 38.4 Å². The highest BCUT2D eigenvalue weighted by Crippen LogP contribution is 2.05. The molecular formula is C16H26FN5OS. The van der Waals surface area contributed by atoms with Crippen LogP contribution in [0.4, 0.5) is 4.39 Å². The van der Waals surface area contributed by atoms with E-state index >= 15 is 0 Å². The van der Waals surface area contributed by atoms with Crippen molar-refractivity contribution in [2.75, 3.05) is 45.9 Å². The van der Waals surface area contributed by atoms with Crippen LogP contribution in [0.2, 0.25) is 0 Å². The molecule has 1 N–H and O–H groups in total. The van der Waals surface area contributed by atoms with Gasteiger partial charge in [-0.15, -0.1) is 0 Å². The summed E-state index contributed by atoms with van der Waals surface area (Å²) >= 11 is 5.44. The number of nitrogens with one attached hydrogen (secondary N) is 1. The van der Waals surface area contributed by atoms with Crippen molar-refractivity contribution in [1.29, 1.82) is 0 Å². The summed E-state index contributed by atoms with van der Waals surface area (Å²) in [7, 11) is 0. The third kappa shape index (κ3) is 5.92. The Morgan fingerprint density at radius 3 is 2.75 bits per heavy atom. The molecule has 0 atom stereocenters. The van der Waals surface area contributed by atoms with Gasteiger partial charge in [0.25, 0.3) is 0 Å². The fraction of sp³-hybridized carbons (Fsp3) is 0.688. The van der Waals surface area contributed by atoms with Crippen LogP contribution >= 0.6 is 12.2 Å². The highest BCUT2D eigenvalue weighted by molar-refractivity contribution is 7.80. The maximum absolute atomic E-state index is 12.9. The zero-order chi connectivity index (χ0) is 17.4. The monoisotopic (exact) mass is 355 g/mol. The molecule has 2 heterocycles. The van der Waals surface area contributed by atoms with Crippen LogP contribution < -0.4 is 5.43 Å². The lowest BCUT2D eigenvalue weighted by molar-refractivity contribution is 0.174. The van der Waals surface area contributed by atoms with E-state index in [0.29, 0.717) is 30.5 Å². The van der Waals surface area contributed by atoms with Crippen LogP contribution in [-0.4, -0.2) is 72.3 Å². The first-order chi connectivity index (χ1) is 11.6. The van der Waals surface area contributed by atoms with Crippen molar-refractivity contribution in [3.63, 3.8) is 0 Å². The third-order valence-electron chi connectivity index (χ3n) is 3.94. The molecule has 0 spiro atoms. The summed E-state index contributed by atoms with van der Waals surface area (Å²) in [6.07, 6.45) is 3.00. The summed E-state index contributed by atoms with van der Waals surface area (Å²) < 4.78 is 18.2. The van der Waals surface area contributed by atoms with E-state index in [2.05, 4.69) is 32.2 Å². The number of hydrazone groups is 1. The summed E-state index contributed by atoms with van der Waals surface area (Å²) in [6.45, 7) is 9.47. The predicted molar refractivity (Wildman–Crippen MR) is 99.2 cm³/mol. The Morgan fingerprint density at radius 1 is 1.33 bits per heavy atom. The lowest BCUT2D eigenvalue weighted by Gasteiger charge is -2.35. The average Bonchev–Trinajstić information content (AvgIpc) is 2.59. The molecule has 0 radical (unpaired) electrons. The van der Waals surface area contributed by atoms with Crippen LogP contribution in [0.15, 0.2) is 22.1 Å². The molecule has 0 aromatic rings. The molecule has 24 heavy (non-hydrogen) atoms. The quantitative estimate of drug-likeness (QED) is 0.617.